The molecule has 5 nitrogen and oxygen atoms in total. The van der Waals surface area contributed by atoms with Gasteiger partial charge in [0.2, 0.25) is 5.91 Å². The van der Waals surface area contributed by atoms with Crippen LogP contribution in [0.4, 0.5) is 10.5 Å². The number of amides is 3. The number of para-hydroxylation sites is 1. The minimum Gasteiger partial charge on any atom is -0.339 e. The summed E-state index contributed by atoms with van der Waals surface area (Å²) in [5, 5.41) is 2.89. The average molecular weight is 301 g/mol. The summed E-state index contributed by atoms with van der Waals surface area (Å²) in [6.07, 6.45) is 4.42. The number of hydrogen-bond acceptors (Lipinski definition) is 2. The Labute approximate surface area is 131 Å². The van der Waals surface area contributed by atoms with Crippen LogP contribution < -0.4 is 5.32 Å². The lowest BCUT2D eigenvalue weighted by Crippen LogP contribution is -2.52. The predicted molar refractivity (Wildman–Crippen MR) is 85.6 cm³/mol. The Bertz CT molecular complexity index is 518. The molecule has 1 N–H and O–H groups in total. The molecule has 0 atom stereocenters. The summed E-state index contributed by atoms with van der Waals surface area (Å²) >= 11 is 0. The van der Waals surface area contributed by atoms with Crippen molar-refractivity contribution < 1.29 is 9.59 Å². The van der Waals surface area contributed by atoms with Crippen LogP contribution in [0, 0.1) is 5.92 Å². The lowest BCUT2D eigenvalue weighted by atomic mass is 10.1. The summed E-state index contributed by atoms with van der Waals surface area (Å²) < 4.78 is 0. The minimum atomic E-state index is -0.0841. The second-order valence-electron chi connectivity index (χ2n) is 6.09. The molecule has 1 aromatic rings. The molecule has 1 aliphatic carbocycles. The predicted octanol–water partition coefficient (Wildman–Crippen LogP) is 2.55. The quantitative estimate of drug-likeness (QED) is 0.912. The third-order valence-electron chi connectivity index (χ3n) is 4.61. The highest BCUT2D eigenvalue weighted by Gasteiger charge is 2.30. The van der Waals surface area contributed by atoms with Gasteiger partial charge in [-0.15, -0.1) is 0 Å². The van der Waals surface area contributed by atoms with Crippen molar-refractivity contribution in [1.82, 2.24) is 9.80 Å². The highest BCUT2D eigenvalue weighted by Crippen LogP contribution is 2.26. The first kappa shape index (κ1) is 14.9. The van der Waals surface area contributed by atoms with E-state index in [0.29, 0.717) is 32.1 Å². The first-order chi connectivity index (χ1) is 10.7. The summed E-state index contributed by atoms with van der Waals surface area (Å²) in [5.41, 5.74) is 0.803. The molecule has 3 amide bonds. The molecule has 0 radical (unpaired) electrons. The van der Waals surface area contributed by atoms with E-state index in [0.717, 1.165) is 18.5 Å². The second-order valence-corrected chi connectivity index (χ2v) is 6.09. The summed E-state index contributed by atoms with van der Waals surface area (Å²) in [7, 11) is 0. The zero-order chi connectivity index (χ0) is 15.4. The fourth-order valence-electron chi connectivity index (χ4n) is 3.28. The van der Waals surface area contributed by atoms with Gasteiger partial charge in [0.25, 0.3) is 0 Å². The Hall–Kier alpha value is -2.04. The van der Waals surface area contributed by atoms with Crippen molar-refractivity contribution in [3.8, 4) is 0 Å². The highest BCUT2D eigenvalue weighted by atomic mass is 16.2. The third kappa shape index (κ3) is 3.40. The van der Waals surface area contributed by atoms with Gasteiger partial charge in [-0.05, 0) is 25.0 Å². The van der Waals surface area contributed by atoms with E-state index in [4.69, 9.17) is 0 Å². The van der Waals surface area contributed by atoms with Crippen LogP contribution in [0.25, 0.3) is 0 Å². The third-order valence-corrected chi connectivity index (χ3v) is 4.61. The van der Waals surface area contributed by atoms with E-state index in [9.17, 15) is 9.59 Å². The van der Waals surface area contributed by atoms with Gasteiger partial charge in [0.1, 0.15) is 0 Å². The van der Waals surface area contributed by atoms with Gasteiger partial charge < -0.3 is 15.1 Å². The Morgan fingerprint density at radius 2 is 1.50 bits per heavy atom. The van der Waals surface area contributed by atoms with Crippen LogP contribution in [-0.2, 0) is 4.79 Å². The van der Waals surface area contributed by atoms with Crippen molar-refractivity contribution in [2.24, 2.45) is 5.92 Å². The van der Waals surface area contributed by atoms with Crippen molar-refractivity contribution in [1.29, 1.82) is 0 Å². The van der Waals surface area contributed by atoms with E-state index in [1.54, 1.807) is 4.90 Å². The Kier molecular flexibility index (Phi) is 4.61. The van der Waals surface area contributed by atoms with Crippen LogP contribution in [-0.4, -0.2) is 47.9 Å². The zero-order valence-corrected chi connectivity index (χ0v) is 12.8. The standard InChI is InChI=1S/C17H23N3O2/c21-16(14-6-4-5-7-14)19-10-12-20(13-11-19)17(22)18-15-8-2-1-3-9-15/h1-3,8-9,14H,4-7,10-13H2,(H,18,22). The van der Waals surface area contributed by atoms with Gasteiger partial charge in [-0.1, -0.05) is 31.0 Å². The molecule has 1 aromatic carbocycles. The van der Waals surface area contributed by atoms with Gasteiger partial charge in [0.05, 0.1) is 0 Å². The van der Waals surface area contributed by atoms with Gasteiger partial charge in [-0.25, -0.2) is 4.79 Å². The van der Waals surface area contributed by atoms with Crippen LogP contribution in [0.15, 0.2) is 30.3 Å². The highest BCUT2D eigenvalue weighted by molar-refractivity contribution is 5.89. The molecule has 0 unspecified atom stereocenters. The Balaban J connectivity index is 1.48. The van der Waals surface area contributed by atoms with E-state index < -0.39 is 0 Å². The van der Waals surface area contributed by atoms with E-state index in [-0.39, 0.29) is 11.9 Å². The van der Waals surface area contributed by atoms with Crippen LogP contribution in [0.2, 0.25) is 0 Å². The monoisotopic (exact) mass is 301 g/mol. The topological polar surface area (TPSA) is 52.7 Å². The second kappa shape index (κ2) is 6.81. The SMILES string of the molecule is O=C(Nc1ccccc1)N1CCN(C(=O)C2CCCC2)CC1. The molecule has 0 spiro atoms. The number of nitrogens with zero attached hydrogens (tertiary/aromatic N) is 2. The molecule has 1 heterocycles. The number of carbonyl (C=O) groups is 2. The van der Waals surface area contributed by atoms with E-state index in [1.807, 2.05) is 35.2 Å². The molecule has 2 fully saturated rings. The van der Waals surface area contributed by atoms with Crippen molar-refractivity contribution in [2.45, 2.75) is 25.7 Å². The molecule has 3 rings (SSSR count). The summed E-state index contributed by atoms with van der Waals surface area (Å²) in [5.74, 6) is 0.519. The van der Waals surface area contributed by atoms with Gasteiger partial charge in [-0.3, -0.25) is 4.79 Å². The minimum absolute atomic E-state index is 0.0841. The fraction of sp³-hybridized carbons (Fsp3) is 0.529. The lowest BCUT2D eigenvalue weighted by Gasteiger charge is -2.35. The van der Waals surface area contributed by atoms with Gasteiger partial charge in [0.15, 0.2) is 0 Å². The molecule has 5 heteroatoms. The van der Waals surface area contributed by atoms with Crippen molar-refractivity contribution in [3.05, 3.63) is 30.3 Å². The first-order valence-electron chi connectivity index (χ1n) is 8.14. The summed E-state index contributed by atoms with van der Waals surface area (Å²) in [4.78, 5) is 28.3. The molecule has 118 valence electrons. The fourth-order valence-corrected chi connectivity index (χ4v) is 3.28. The normalized spacial score (nSPS) is 19.3. The molecular weight excluding hydrogens is 278 g/mol. The maximum absolute atomic E-state index is 12.4. The molecule has 0 aromatic heterocycles. The lowest BCUT2D eigenvalue weighted by molar-refractivity contribution is -0.136. The number of benzene rings is 1. The molecule has 0 bridgehead atoms. The van der Waals surface area contributed by atoms with Gasteiger partial charge >= 0.3 is 6.03 Å². The number of hydrogen-bond donors (Lipinski definition) is 1. The van der Waals surface area contributed by atoms with Gasteiger partial charge in [-0.2, -0.15) is 0 Å². The largest absolute Gasteiger partial charge is 0.339 e. The maximum atomic E-state index is 12.4. The number of rotatable bonds is 2. The number of carbonyl (C=O) groups excluding carboxylic acids is 2. The molecular formula is C17H23N3O2. The van der Waals surface area contributed by atoms with E-state index in [1.165, 1.54) is 12.8 Å². The van der Waals surface area contributed by atoms with Crippen LogP contribution in [0.3, 0.4) is 0 Å². The van der Waals surface area contributed by atoms with Crippen LogP contribution in [0.1, 0.15) is 25.7 Å². The Morgan fingerprint density at radius 1 is 0.909 bits per heavy atom. The molecule has 22 heavy (non-hydrogen) atoms. The smallest absolute Gasteiger partial charge is 0.321 e. The molecule has 1 saturated carbocycles. The zero-order valence-electron chi connectivity index (χ0n) is 12.8. The van der Waals surface area contributed by atoms with Crippen molar-refractivity contribution in [3.63, 3.8) is 0 Å². The van der Waals surface area contributed by atoms with E-state index in [2.05, 4.69) is 5.32 Å². The van der Waals surface area contributed by atoms with Gasteiger partial charge in [0, 0.05) is 37.8 Å². The molecule has 1 aliphatic heterocycles. The number of urea groups is 1. The number of anilines is 1. The summed E-state index contributed by atoms with van der Waals surface area (Å²) in [6, 6.07) is 9.37. The van der Waals surface area contributed by atoms with Crippen molar-refractivity contribution in [2.75, 3.05) is 31.5 Å². The maximum Gasteiger partial charge on any atom is 0.321 e. The summed E-state index contributed by atoms with van der Waals surface area (Å²) in [6.45, 7) is 2.52. The van der Waals surface area contributed by atoms with E-state index >= 15 is 0 Å². The number of nitrogens with one attached hydrogen (secondary N) is 1. The molecule has 2 aliphatic rings. The average Bonchev–Trinajstić information content (AvgIpc) is 3.10. The molecule has 1 saturated heterocycles. The first-order valence-corrected chi connectivity index (χ1v) is 8.14. The number of piperazine rings is 1. The van der Waals surface area contributed by atoms with Crippen LogP contribution >= 0.6 is 0 Å². The van der Waals surface area contributed by atoms with Crippen molar-refractivity contribution >= 4 is 17.6 Å². The van der Waals surface area contributed by atoms with Crippen LogP contribution in [0.5, 0.6) is 0 Å². The Morgan fingerprint density at radius 3 is 2.14 bits per heavy atom.